The van der Waals surface area contributed by atoms with E-state index < -0.39 is 5.25 Å². The molecular weight excluding hydrogens is 366 g/mol. The Kier molecular flexibility index (Phi) is 4.65. The molecule has 2 amide bonds. The van der Waals surface area contributed by atoms with Crippen LogP contribution in [0.3, 0.4) is 0 Å². The van der Waals surface area contributed by atoms with Gasteiger partial charge in [0.05, 0.1) is 27.7 Å². The van der Waals surface area contributed by atoms with Crippen LogP contribution in [-0.4, -0.2) is 34.0 Å². The monoisotopic (exact) mass is 383 g/mol. The van der Waals surface area contributed by atoms with Crippen LogP contribution in [0.1, 0.15) is 11.4 Å². The number of anilines is 1. The number of nitrogens with one attached hydrogen (secondary N) is 1. The van der Waals surface area contributed by atoms with Gasteiger partial charge in [0, 0.05) is 18.4 Å². The van der Waals surface area contributed by atoms with Crippen molar-refractivity contribution in [3.63, 3.8) is 0 Å². The fourth-order valence-corrected chi connectivity index (χ4v) is 4.94. The van der Waals surface area contributed by atoms with Crippen LogP contribution in [0, 0.1) is 0 Å². The lowest BCUT2D eigenvalue weighted by molar-refractivity contribution is -0.131. The number of nitrogens with zero attached hydrogens (tertiary/aromatic N) is 2. The van der Waals surface area contributed by atoms with Crippen molar-refractivity contribution >= 4 is 50.8 Å². The van der Waals surface area contributed by atoms with E-state index in [4.69, 9.17) is 0 Å². The summed E-state index contributed by atoms with van der Waals surface area (Å²) in [4.78, 5) is 32.1. The zero-order valence-corrected chi connectivity index (χ0v) is 15.8. The van der Waals surface area contributed by atoms with Crippen LogP contribution in [0.25, 0.3) is 10.2 Å². The van der Waals surface area contributed by atoms with Gasteiger partial charge in [0.25, 0.3) is 0 Å². The standard InChI is InChI=1S/C19H17N3O2S2/c1-22(11-17-20-12-6-2-5-9-15(12)26-17)18(23)10-16-19(24)21-13-7-3-4-8-14(13)25-16/h2-9,16H,10-11H2,1H3,(H,21,24). The van der Waals surface area contributed by atoms with E-state index in [-0.39, 0.29) is 18.2 Å². The summed E-state index contributed by atoms with van der Waals surface area (Å²) in [5, 5.41) is 3.37. The number of hydrogen-bond donors (Lipinski definition) is 1. The number of benzene rings is 2. The topological polar surface area (TPSA) is 62.3 Å². The summed E-state index contributed by atoms with van der Waals surface area (Å²) < 4.78 is 1.11. The Bertz CT molecular complexity index is 953. The van der Waals surface area contributed by atoms with Gasteiger partial charge in [0.2, 0.25) is 11.8 Å². The van der Waals surface area contributed by atoms with Crippen LogP contribution >= 0.6 is 23.1 Å². The molecule has 132 valence electrons. The molecule has 1 aromatic heterocycles. The molecule has 0 saturated heterocycles. The van der Waals surface area contributed by atoms with E-state index in [1.165, 1.54) is 11.8 Å². The number of hydrogen-bond acceptors (Lipinski definition) is 5. The highest BCUT2D eigenvalue weighted by Crippen LogP contribution is 2.36. The lowest BCUT2D eigenvalue weighted by Gasteiger charge is -2.25. The average molecular weight is 383 g/mol. The fraction of sp³-hybridized carbons (Fsp3) is 0.211. The normalized spacial score (nSPS) is 16.2. The van der Waals surface area contributed by atoms with Crippen LogP contribution in [0.15, 0.2) is 53.4 Å². The van der Waals surface area contributed by atoms with Gasteiger partial charge in [-0.1, -0.05) is 24.3 Å². The molecule has 4 rings (SSSR count). The zero-order valence-electron chi connectivity index (χ0n) is 14.1. The number of aromatic nitrogens is 1. The Labute approximate surface area is 159 Å². The number of carbonyl (C=O) groups excluding carboxylic acids is 2. The lowest BCUT2D eigenvalue weighted by atomic mass is 10.2. The third-order valence-corrected chi connectivity index (χ3v) is 6.50. The van der Waals surface area contributed by atoms with Crippen LogP contribution in [0.2, 0.25) is 0 Å². The molecule has 0 spiro atoms. The molecule has 1 aliphatic heterocycles. The van der Waals surface area contributed by atoms with E-state index in [1.54, 1.807) is 23.3 Å². The summed E-state index contributed by atoms with van der Waals surface area (Å²) in [6, 6.07) is 15.6. The number of thiazole rings is 1. The number of rotatable bonds is 4. The molecule has 0 aliphatic carbocycles. The van der Waals surface area contributed by atoms with Gasteiger partial charge in [0.15, 0.2) is 0 Å². The van der Waals surface area contributed by atoms with Gasteiger partial charge in [-0.15, -0.1) is 23.1 Å². The van der Waals surface area contributed by atoms with Crippen LogP contribution in [0.5, 0.6) is 0 Å². The second kappa shape index (κ2) is 7.09. The Balaban J connectivity index is 1.42. The first-order chi connectivity index (χ1) is 12.6. The molecule has 0 bridgehead atoms. The second-order valence-corrected chi connectivity index (χ2v) is 8.48. The first-order valence-corrected chi connectivity index (χ1v) is 9.95. The van der Waals surface area contributed by atoms with Crippen molar-refractivity contribution in [1.29, 1.82) is 0 Å². The van der Waals surface area contributed by atoms with Gasteiger partial charge in [-0.05, 0) is 24.3 Å². The Hall–Kier alpha value is -2.38. The summed E-state index contributed by atoms with van der Waals surface area (Å²) in [6.45, 7) is 0.452. The molecule has 1 unspecified atom stereocenters. The molecule has 0 saturated carbocycles. The van der Waals surface area contributed by atoms with Crippen LogP contribution in [-0.2, 0) is 16.1 Å². The molecule has 26 heavy (non-hydrogen) atoms. The van der Waals surface area contributed by atoms with Crippen molar-refractivity contribution < 1.29 is 9.59 Å². The molecule has 3 aromatic rings. The van der Waals surface area contributed by atoms with Crippen molar-refractivity contribution in [1.82, 2.24) is 9.88 Å². The Morgan fingerprint density at radius 3 is 2.81 bits per heavy atom. The van der Waals surface area contributed by atoms with Crippen LogP contribution < -0.4 is 5.32 Å². The van der Waals surface area contributed by atoms with E-state index in [1.807, 2.05) is 48.5 Å². The molecule has 0 fully saturated rings. The first-order valence-electron chi connectivity index (χ1n) is 8.25. The molecule has 1 atom stereocenters. The highest BCUT2D eigenvalue weighted by atomic mass is 32.2. The van der Waals surface area contributed by atoms with E-state index in [0.717, 1.165) is 25.8 Å². The van der Waals surface area contributed by atoms with Gasteiger partial charge >= 0.3 is 0 Å². The van der Waals surface area contributed by atoms with Crippen molar-refractivity contribution in [2.24, 2.45) is 0 Å². The minimum atomic E-state index is -0.407. The maximum Gasteiger partial charge on any atom is 0.238 e. The highest BCUT2D eigenvalue weighted by Gasteiger charge is 2.29. The van der Waals surface area contributed by atoms with Crippen molar-refractivity contribution in [3.8, 4) is 0 Å². The zero-order chi connectivity index (χ0) is 18.1. The maximum atomic E-state index is 12.6. The third kappa shape index (κ3) is 3.45. The SMILES string of the molecule is CN(Cc1nc2ccccc2s1)C(=O)CC1Sc2ccccc2NC1=O. The van der Waals surface area contributed by atoms with Crippen molar-refractivity contribution in [2.45, 2.75) is 23.1 Å². The van der Waals surface area contributed by atoms with Gasteiger partial charge < -0.3 is 10.2 Å². The molecule has 0 radical (unpaired) electrons. The molecule has 2 heterocycles. The molecule has 2 aromatic carbocycles. The van der Waals surface area contributed by atoms with Crippen molar-refractivity contribution in [2.75, 3.05) is 12.4 Å². The molecule has 7 heteroatoms. The number of para-hydroxylation sites is 2. The molecule has 1 aliphatic rings. The fourth-order valence-electron chi connectivity index (χ4n) is 2.82. The minimum Gasteiger partial charge on any atom is -0.339 e. The lowest BCUT2D eigenvalue weighted by Crippen LogP contribution is -2.35. The Morgan fingerprint density at radius 2 is 1.96 bits per heavy atom. The molecule has 1 N–H and O–H groups in total. The Morgan fingerprint density at radius 1 is 1.19 bits per heavy atom. The summed E-state index contributed by atoms with van der Waals surface area (Å²) in [5.74, 6) is -0.174. The van der Waals surface area contributed by atoms with E-state index in [2.05, 4.69) is 10.3 Å². The van der Waals surface area contributed by atoms with Crippen molar-refractivity contribution in [3.05, 3.63) is 53.5 Å². The predicted molar refractivity (Wildman–Crippen MR) is 105 cm³/mol. The second-order valence-electron chi connectivity index (χ2n) is 6.12. The summed E-state index contributed by atoms with van der Waals surface area (Å²) in [7, 11) is 1.76. The number of fused-ring (bicyclic) bond motifs is 2. The number of carbonyl (C=O) groups is 2. The third-order valence-electron chi connectivity index (χ3n) is 4.20. The summed E-state index contributed by atoms with van der Waals surface area (Å²) >= 11 is 3.04. The van der Waals surface area contributed by atoms with Gasteiger partial charge in [-0.2, -0.15) is 0 Å². The molecular formula is C19H17N3O2S2. The van der Waals surface area contributed by atoms with E-state index >= 15 is 0 Å². The summed E-state index contributed by atoms with van der Waals surface area (Å²) in [5.41, 5.74) is 1.76. The van der Waals surface area contributed by atoms with Crippen LogP contribution in [0.4, 0.5) is 5.69 Å². The van der Waals surface area contributed by atoms with E-state index in [0.29, 0.717) is 6.54 Å². The van der Waals surface area contributed by atoms with E-state index in [9.17, 15) is 9.59 Å². The van der Waals surface area contributed by atoms with Gasteiger partial charge in [0.1, 0.15) is 5.01 Å². The number of thioether (sulfide) groups is 1. The predicted octanol–water partition coefficient (Wildman–Crippen LogP) is 3.76. The first kappa shape index (κ1) is 17.1. The highest BCUT2D eigenvalue weighted by molar-refractivity contribution is 8.01. The van der Waals surface area contributed by atoms with Gasteiger partial charge in [-0.3, -0.25) is 9.59 Å². The quantitative estimate of drug-likeness (QED) is 0.745. The minimum absolute atomic E-state index is 0.0590. The maximum absolute atomic E-state index is 12.6. The van der Waals surface area contributed by atoms with Gasteiger partial charge in [-0.25, -0.2) is 4.98 Å². The summed E-state index contributed by atoms with van der Waals surface area (Å²) in [6.07, 6.45) is 0.173. The number of amides is 2. The average Bonchev–Trinajstić information content (AvgIpc) is 3.04. The largest absolute Gasteiger partial charge is 0.339 e. The smallest absolute Gasteiger partial charge is 0.238 e. The molecule has 5 nitrogen and oxygen atoms in total.